The molecule has 1 spiro atoms. The normalized spacial score (nSPS) is 24.6. The van der Waals surface area contributed by atoms with Crippen molar-refractivity contribution in [2.24, 2.45) is 0 Å². The molecule has 3 rings (SSSR count). The van der Waals surface area contributed by atoms with E-state index in [0.29, 0.717) is 5.28 Å². The van der Waals surface area contributed by atoms with Crippen LogP contribution in [0.4, 0.5) is 0 Å². The molecule has 2 aliphatic heterocycles. The van der Waals surface area contributed by atoms with Gasteiger partial charge in [-0.2, -0.15) is 0 Å². The summed E-state index contributed by atoms with van der Waals surface area (Å²) in [7, 11) is 2.17. The van der Waals surface area contributed by atoms with Crippen molar-refractivity contribution in [1.29, 1.82) is 0 Å². The van der Waals surface area contributed by atoms with E-state index in [1.54, 1.807) is 0 Å². The zero-order valence-corrected chi connectivity index (χ0v) is 10.3. The highest BCUT2D eigenvalue weighted by Gasteiger charge is 2.41. The van der Waals surface area contributed by atoms with Crippen LogP contribution in [-0.4, -0.2) is 41.5 Å². The minimum Gasteiger partial charge on any atom is -0.332 e. The lowest BCUT2D eigenvalue weighted by atomic mass is 9.81. The van der Waals surface area contributed by atoms with Crippen LogP contribution in [0.5, 0.6) is 0 Å². The molecule has 1 aromatic heterocycles. The third kappa shape index (κ3) is 1.56. The number of imidazole rings is 1. The highest BCUT2D eigenvalue weighted by molar-refractivity contribution is 6.28. The Labute approximate surface area is 100 Å². The molecule has 0 aliphatic carbocycles. The lowest BCUT2D eigenvalue weighted by molar-refractivity contribution is 0.146. The third-order valence-corrected chi connectivity index (χ3v) is 4.06. The topological polar surface area (TPSA) is 44.0 Å². The Kier molecular flexibility index (Phi) is 2.46. The van der Waals surface area contributed by atoms with Gasteiger partial charge >= 0.3 is 0 Å². The van der Waals surface area contributed by atoms with Crippen LogP contribution < -0.4 is 5.32 Å². The van der Waals surface area contributed by atoms with Crippen LogP contribution >= 0.6 is 11.6 Å². The molecule has 0 bridgehead atoms. The van der Waals surface area contributed by atoms with Gasteiger partial charge in [0.25, 0.3) is 0 Å². The van der Waals surface area contributed by atoms with Crippen molar-refractivity contribution in [1.82, 2.24) is 20.2 Å². The fourth-order valence-corrected chi connectivity index (χ4v) is 3.08. The van der Waals surface area contributed by atoms with E-state index in [0.717, 1.165) is 44.6 Å². The average Bonchev–Trinajstić information content (AvgIpc) is 2.65. The Morgan fingerprint density at radius 3 is 2.88 bits per heavy atom. The maximum atomic E-state index is 5.98. The van der Waals surface area contributed by atoms with Gasteiger partial charge in [0.15, 0.2) is 0 Å². The number of aromatic nitrogens is 2. The van der Waals surface area contributed by atoms with E-state index in [-0.39, 0.29) is 5.54 Å². The first-order valence-corrected chi connectivity index (χ1v) is 6.26. The van der Waals surface area contributed by atoms with Crippen molar-refractivity contribution in [3.05, 3.63) is 16.7 Å². The fraction of sp³-hybridized carbons (Fsp3) is 0.727. The number of piperidine rings is 1. The third-order valence-electron chi connectivity index (χ3n) is 3.88. The number of likely N-dealkylation sites (tertiary alicyclic amines) is 1. The van der Waals surface area contributed by atoms with Crippen LogP contribution in [0.2, 0.25) is 5.28 Å². The van der Waals surface area contributed by atoms with Gasteiger partial charge in [-0.05, 0) is 44.6 Å². The molecule has 16 heavy (non-hydrogen) atoms. The molecule has 2 N–H and O–H groups in total. The standard InChI is InChI=1S/C11H17ClN4/c1-16-6-3-11(4-7-16)9-8(2-5-13-11)14-10(12)15-9/h13H,2-7H2,1H3,(H,14,15). The van der Waals surface area contributed by atoms with E-state index in [1.807, 2.05) is 0 Å². The monoisotopic (exact) mass is 240 g/mol. The van der Waals surface area contributed by atoms with Crippen molar-refractivity contribution in [2.45, 2.75) is 24.8 Å². The summed E-state index contributed by atoms with van der Waals surface area (Å²) in [6.45, 7) is 3.27. The predicted molar refractivity (Wildman–Crippen MR) is 63.7 cm³/mol. The van der Waals surface area contributed by atoms with Gasteiger partial charge in [0.2, 0.25) is 5.28 Å². The molecule has 0 amide bonds. The molecule has 0 saturated carbocycles. The second-order valence-electron chi connectivity index (χ2n) is 4.92. The minimum atomic E-state index is 0.0731. The highest BCUT2D eigenvalue weighted by atomic mass is 35.5. The van der Waals surface area contributed by atoms with Crippen LogP contribution in [0.25, 0.3) is 0 Å². The largest absolute Gasteiger partial charge is 0.332 e. The summed E-state index contributed by atoms with van der Waals surface area (Å²) in [5, 5.41) is 4.19. The number of rotatable bonds is 0. The van der Waals surface area contributed by atoms with Crippen LogP contribution in [0.3, 0.4) is 0 Å². The molecule has 0 atom stereocenters. The van der Waals surface area contributed by atoms with Crippen molar-refractivity contribution >= 4 is 11.6 Å². The number of nitrogens with one attached hydrogen (secondary N) is 2. The average molecular weight is 241 g/mol. The second kappa shape index (κ2) is 3.72. The zero-order valence-electron chi connectivity index (χ0n) is 9.52. The first kappa shape index (κ1) is 10.6. The van der Waals surface area contributed by atoms with Gasteiger partial charge in [-0.25, -0.2) is 4.98 Å². The molecular formula is C11H17ClN4. The summed E-state index contributed by atoms with van der Waals surface area (Å²) in [5.41, 5.74) is 2.47. The molecule has 5 heteroatoms. The summed E-state index contributed by atoms with van der Waals surface area (Å²) in [5.74, 6) is 0. The Balaban J connectivity index is 1.97. The van der Waals surface area contributed by atoms with Gasteiger partial charge in [0, 0.05) is 18.7 Å². The SMILES string of the molecule is CN1CCC2(CC1)NCCc1[nH]c(Cl)nc12. The molecule has 0 radical (unpaired) electrons. The van der Waals surface area contributed by atoms with E-state index < -0.39 is 0 Å². The van der Waals surface area contributed by atoms with Crippen LogP contribution in [0.15, 0.2) is 0 Å². The molecule has 1 saturated heterocycles. The van der Waals surface area contributed by atoms with E-state index >= 15 is 0 Å². The smallest absolute Gasteiger partial charge is 0.200 e. The van der Waals surface area contributed by atoms with E-state index in [2.05, 4.69) is 27.2 Å². The molecule has 1 aromatic rings. The van der Waals surface area contributed by atoms with Crippen LogP contribution in [0.1, 0.15) is 24.2 Å². The van der Waals surface area contributed by atoms with Gasteiger partial charge in [0.05, 0.1) is 11.2 Å². The summed E-state index contributed by atoms with van der Waals surface area (Å²) >= 11 is 5.98. The first-order chi connectivity index (χ1) is 7.70. The summed E-state index contributed by atoms with van der Waals surface area (Å²) in [6, 6.07) is 0. The predicted octanol–water partition coefficient (Wildman–Crippen LogP) is 1.13. The van der Waals surface area contributed by atoms with Gasteiger partial charge in [-0.3, -0.25) is 0 Å². The number of H-pyrrole nitrogens is 1. The number of aromatic amines is 1. The number of nitrogens with zero attached hydrogens (tertiary/aromatic N) is 2. The molecule has 3 heterocycles. The van der Waals surface area contributed by atoms with Crippen molar-refractivity contribution in [3.8, 4) is 0 Å². The summed E-state index contributed by atoms with van der Waals surface area (Å²) in [6.07, 6.45) is 3.25. The van der Waals surface area contributed by atoms with Gasteiger partial charge < -0.3 is 15.2 Å². The molecule has 1 fully saturated rings. The lowest BCUT2D eigenvalue weighted by Gasteiger charge is -2.43. The number of fused-ring (bicyclic) bond motifs is 2. The first-order valence-electron chi connectivity index (χ1n) is 5.88. The Hall–Kier alpha value is -0.580. The maximum absolute atomic E-state index is 5.98. The lowest BCUT2D eigenvalue weighted by Crippen LogP contribution is -2.53. The number of hydrogen-bond acceptors (Lipinski definition) is 3. The van der Waals surface area contributed by atoms with Crippen molar-refractivity contribution < 1.29 is 0 Å². The molecule has 0 unspecified atom stereocenters. The second-order valence-corrected chi connectivity index (χ2v) is 5.27. The van der Waals surface area contributed by atoms with E-state index in [1.165, 1.54) is 5.69 Å². The van der Waals surface area contributed by atoms with Gasteiger partial charge in [0.1, 0.15) is 0 Å². The van der Waals surface area contributed by atoms with Crippen LogP contribution in [-0.2, 0) is 12.0 Å². The fourth-order valence-electron chi connectivity index (χ4n) is 2.88. The van der Waals surface area contributed by atoms with Crippen LogP contribution in [0, 0.1) is 0 Å². The quantitative estimate of drug-likeness (QED) is 0.715. The Morgan fingerprint density at radius 2 is 2.12 bits per heavy atom. The summed E-state index contributed by atoms with van der Waals surface area (Å²) < 4.78 is 0. The molecule has 0 aromatic carbocycles. The van der Waals surface area contributed by atoms with Gasteiger partial charge in [-0.15, -0.1) is 0 Å². The maximum Gasteiger partial charge on any atom is 0.200 e. The van der Waals surface area contributed by atoms with E-state index in [4.69, 9.17) is 11.6 Å². The Morgan fingerprint density at radius 1 is 1.38 bits per heavy atom. The molecule has 4 nitrogen and oxygen atoms in total. The Bertz CT molecular complexity index is 393. The summed E-state index contributed by atoms with van der Waals surface area (Å²) in [4.78, 5) is 10.0. The molecule has 2 aliphatic rings. The zero-order chi connectivity index (χ0) is 11.2. The van der Waals surface area contributed by atoms with Gasteiger partial charge in [-0.1, -0.05) is 0 Å². The van der Waals surface area contributed by atoms with Crippen molar-refractivity contribution in [3.63, 3.8) is 0 Å². The number of halogens is 1. The van der Waals surface area contributed by atoms with E-state index in [9.17, 15) is 0 Å². The number of hydrogen-bond donors (Lipinski definition) is 2. The van der Waals surface area contributed by atoms with Crippen molar-refractivity contribution in [2.75, 3.05) is 26.7 Å². The highest BCUT2D eigenvalue weighted by Crippen LogP contribution is 2.36. The molecule has 88 valence electrons. The molecular weight excluding hydrogens is 224 g/mol. The minimum absolute atomic E-state index is 0.0731.